The van der Waals surface area contributed by atoms with Gasteiger partial charge in [0.2, 0.25) is 0 Å². The molecule has 1 fully saturated rings. The standard InChI is InChI=1S/C12H15Cl2NO2/c13-9-1-2-11(10(14)5-9)15-4-3-8(7-16)12(17)6-15/h1-2,5,8,12,16-17H,3-4,6-7H2/t8-,12+/m1/s1. The third kappa shape index (κ3) is 2.86. The van der Waals surface area contributed by atoms with Crippen molar-refractivity contribution in [3.8, 4) is 0 Å². The molecule has 1 aliphatic heterocycles. The minimum absolute atomic E-state index is 0.0303. The Morgan fingerprint density at radius 3 is 2.71 bits per heavy atom. The highest BCUT2D eigenvalue weighted by atomic mass is 35.5. The van der Waals surface area contributed by atoms with E-state index < -0.39 is 6.10 Å². The summed E-state index contributed by atoms with van der Waals surface area (Å²) in [5, 5.41) is 20.2. The molecule has 1 aromatic carbocycles. The van der Waals surface area contributed by atoms with Gasteiger partial charge < -0.3 is 15.1 Å². The second-order valence-corrected chi connectivity index (χ2v) is 5.18. The second kappa shape index (κ2) is 5.44. The van der Waals surface area contributed by atoms with Gasteiger partial charge in [0, 0.05) is 30.6 Å². The van der Waals surface area contributed by atoms with E-state index in [4.69, 9.17) is 28.3 Å². The number of piperidine rings is 1. The van der Waals surface area contributed by atoms with Gasteiger partial charge in [0.15, 0.2) is 0 Å². The maximum absolute atomic E-state index is 9.88. The molecule has 0 bridgehead atoms. The van der Waals surface area contributed by atoms with Gasteiger partial charge in [-0.15, -0.1) is 0 Å². The molecule has 0 amide bonds. The normalized spacial score (nSPS) is 25.1. The van der Waals surface area contributed by atoms with Crippen LogP contribution in [0.25, 0.3) is 0 Å². The van der Waals surface area contributed by atoms with E-state index in [1.54, 1.807) is 12.1 Å². The van der Waals surface area contributed by atoms with Crippen LogP contribution in [0.1, 0.15) is 6.42 Å². The second-order valence-electron chi connectivity index (χ2n) is 4.34. The Morgan fingerprint density at radius 1 is 1.35 bits per heavy atom. The Balaban J connectivity index is 2.14. The van der Waals surface area contributed by atoms with Crippen molar-refractivity contribution in [1.29, 1.82) is 0 Å². The molecule has 94 valence electrons. The van der Waals surface area contributed by atoms with Gasteiger partial charge in [-0.25, -0.2) is 0 Å². The van der Waals surface area contributed by atoms with E-state index in [-0.39, 0.29) is 12.5 Å². The van der Waals surface area contributed by atoms with Crippen LogP contribution in [-0.2, 0) is 0 Å². The van der Waals surface area contributed by atoms with Crippen molar-refractivity contribution in [2.75, 3.05) is 24.6 Å². The SMILES string of the molecule is OC[C@H]1CCN(c2ccc(Cl)cc2Cl)C[C@@H]1O. The smallest absolute Gasteiger partial charge is 0.0765 e. The summed E-state index contributed by atoms with van der Waals surface area (Å²) in [5.41, 5.74) is 0.881. The molecule has 3 nitrogen and oxygen atoms in total. The zero-order valence-electron chi connectivity index (χ0n) is 9.31. The summed E-state index contributed by atoms with van der Waals surface area (Å²) >= 11 is 12.0. The van der Waals surface area contributed by atoms with Crippen molar-refractivity contribution >= 4 is 28.9 Å². The van der Waals surface area contributed by atoms with E-state index in [2.05, 4.69) is 0 Å². The Kier molecular flexibility index (Phi) is 4.15. The maximum Gasteiger partial charge on any atom is 0.0765 e. The van der Waals surface area contributed by atoms with E-state index in [1.807, 2.05) is 11.0 Å². The van der Waals surface area contributed by atoms with Gasteiger partial charge >= 0.3 is 0 Å². The number of rotatable bonds is 2. The number of hydrogen-bond acceptors (Lipinski definition) is 3. The number of halogens is 2. The Hall–Kier alpha value is -0.480. The van der Waals surface area contributed by atoms with Crippen LogP contribution in [0.4, 0.5) is 5.69 Å². The molecule has 0 radical (unpaired) electrons. The van der Waals surface area contributed by atoms with Crippen LogP contribution in [0.15, 0.2) is 18.2 Å². The van der Waals surface area contributed by atoms with E-state index in [0.29, 0.717) is 16.6 Å². The summed E-state index contributed by atoms with van der Waals surface area (Å²) in [6.45, 7) is 1.31. The molecule has 1 saturated heterocycles. The molecule has 0 spiro atoms. The molecule has 2 N–H and O–H groups in total. The molecule has 17 heavy (non-hydrogen) atoms. The Morgan fingerprint density at radius 2 is 2.12 bits per heavy atom. The summed E-state index contributed by atoms with van der Waals surface area (Å²) in [5.74, 6) is -0.0303. The predicted octanol–water partition coefficient (Wildman–Crippen LogP) is 2.17. The maximum atomic E-state index is 9.88. The van der Waals surface area contributed by atoms with E-state index in [0.717, 1.165) is 18.7 Å². The summed E-state index contributed by atoms with van der Waals surface area (Å²) in [6.07, 6.45) is 0.247. The van der Waals surface area contributed by atoms with Crippen LogP contribution >= 0.6 is 23.2 Å². The fourth-order valence-electron chi connectivity index (χ4n) is 2.15. The molecule has 1 aromatic rings. The monoisotopic (exact) mass is 275 g/mol. The molecule has 1 aliphatic rings. The Labute approximate surface area is 111 Å². The number of nitrogens with zero attached hydrogens (tertiary/aromatic N) is 1. The molecule has 0 saturated carbocycles. The summed E-state index contributed by atoms with van der Waals surface area (Å²) in [4.78, 5) is 2.02. The van der Waals surface area contributed by atoms with Crippen molar-refractivity contribution in [2.24, 2.45) is 5.92 Å². The van der Waals surface area contributed by atoms with Crippen molar-refractivity contribution < 1.29 is 10.2 Å². The van der Waals surface area contributed by atoms with Crippen LogP contribution in [0, 0.1) is 5.92 Å². The van der Waals surface area contributed by atoms with Crippen LogP contribution in [0.5, 0.6) is 0 Å². The van der Waals surface area contributed by atoms with E-state index >= 15 is 0 Å². The molecular formula is C12H15Cl2NO2. The van der Waals surface area contributed by atoms with Crippen molar-refractivity contribution in [3.63, 3.8) is 0 Å². The number of aliphatic hydroxyl groups is 2. The largest absolute Gasteiger partial charge is 0.396 e. The fourth-order valence-corrected chi connectivity index (χ4v) is 2.68. The highest BCUT2D eigenvalue weighted by molar-refractivity contribution is 6.36. The average Bonchev–Trinajstić information content (AvgIpc) is 2.29. The highest BCUT2D eigenvalue weighted by Gasteiger charge is 2.27. The molecule has 0 unspecified atom stereocenters. The third-order valence-electron chi connectivity index (χ3n) is 3.21. The van der Waals surface area contributed by atoms with Crippen molar-refractivity contribution in [2.45, 2.75) is 12.5 Å². The zero-order chi connectivity index (χ0) is 12.4. The quantitative estimate of drug-likeness (QED) is 0.870. The predicted molar refractivity (Wildman–Crippen MR) is 69.9 cm³/mol. The number of anilines is 1. The van der Waals surface area contributed by atoms with E-state index in [1.165, 1.54) is 0 Å². The molecule has 2 rings (SSSR count). The van der Waals surface area contributed by atoms with Crippen LogP contribution < -0.4 is 4.90 Å². The first kappa shape index (κ1) is 13.0. The van der Waals surface area contributed by atoms with Gasteiger partial charge in [-0.2, -0.15) is 0 Å². The van der Waals surface area contributed by atoms with Crippen LogP contribution in [0.2, 0.25) is 10.0 Å². The highest BCUT2D eigenvalue weighted by Crippen LogP contribution is 2.31. The van der Waals surface area contributed by atoms with Gasteiger partial charge in [0.05, 0.1) is 16.8 Å². The molecule has 2 atom stereocenters. The van der Waals surface area contributed by atoms with Gasteiger partial charge in [-0.05, 0) is 24.6 Å². The van der Waals surface area contributed by atoms with Gasteiger partial charge in [0.1, 0.15) is 0 Å². The Bertz CT molecular complexity index is 400. The number of benzene rings is 1. The molecular weight excluding hydrogens is 261 g/mol. The number of hydrogen-bond donors (Lipinski definition) is 2. The molecule has 5 heteroatoms. The minimum Gasteiger partial charge on any atom is -0.396 e. The summed E-state index contributed by atoms with van der Waals surface area (Å²) < 4.78 is 0. The first-order chi connectivity index (χ1) is 8.11. The number of aliphatic hydroxyl groups excluding tert-OH is 2. The first-order valence-electron chi connectivity index (χ1n) is 5.60. The van der Waals surface area contributed by atoms with E-state index in [9.17, 15) is 5.11 Å². The zero-order valence-corrected chi connectivity index (χ0v) is 10.8. The lowest BCUT2D eigenvalue weighted by Crippen LogP contribution is -2.45. The summed E-state index contributed by atoms with van der Waals surface area (Å²) in [7, 11) is 0. The van der Waals surface area contributed by atoms with Crippen LogP contribution in [-0.4, -0.2) is 36.0 Å². The minimum atomic E-state index is -0.513. The number of β-amino-alcohol motifs (C(OH)–C–C–N with tert-alkyl or cyclic N) is 1. The first-order valence-corrected chi connectivity index (χ1v) is 6.36. The molecule has 0 aliphatic carbocycles. The molecule has 1 heterocycles. The van der Waals surface area contributed by atoms with Gasteiger partial charge in [0.25, 0.3) is 0 Å². The fraction of sp³-hybridized carbons (Fsp3) is 0.500. The summed E-state index contributed by atoms with van der Waals surface area (Å²) in [6, 6.07) is 5.34. The third-order valence-corrected chi connectivity index (χ3v) is 3.74. The average molecular weight is 276 g/mol. The van der Waals surface area contributed by atoms with Crippen molar-refractivity contribution in [1.82, 2.24) is 0 Å². The van der Waals surface area contributed by atoms with Crippen LogP contribution in [0.3, 0.4) is 0 Å². The lowest BCUT2D eigenvalue weighted by atomic mass is 9.94. The topological polar surface area (TPSA) is 43.7 Å². The lowest BCUT2D eigenvalue weighted by molar-refractivity contribution is 0.0548. The molecule has 0 aromatic heterocycles. The van der Waals surface area contributed by atoms with Gasteiger partial charge in [-0.3, -0.25) is 0 Å². The van der Waals surface area contributed by atoms with Crippen molar-refractivity contribution in [3.05, 3.63) is 28.2 Å². The van der Waals surface area contributed by atoms with Gasteiger partial charge in [-0.1, -0.05) is 23.2 Å². The lowest BCUT2D eigenvalue weighted by Gasteiger charge is -2.37.